The van der Waals surface area contributed by atoms with Crippen LogP contribution in [-0.2, 0) is 65.4 Å². The van der Waals surface area contributed by atoms with Gasteiger partial charge < -0.3 is 33.8 Å². The van der Waals surface area contributed by atoms with E-state index in [0.29, 0.717) is 31.6 Å². The Labute approximate surface area is 524 Å². The average Bonchev–Trinajstić information content (AvgIpc) is 3.67. The van der Waals surface area contributed by atoms with Crippen molar-refractivity contribution in [2.24, 2.45) is 17.8 Å². The van der Waals surface area contributed by atoms with Gasteiger partial charge in [0.25, 0.3) is 0 Å². The Hall–Kier alpha value is -1.94. The van der Waals surface area contributed by atoms with E-state index in [9.17, 15) is 43.2 Å². The maximum atomic E-state index is 13.0. The van der Waals surface area contributed by atoms with Gasteiger partial charge in [0.15, 0.2) is 12.2 Å². The third kappa shape index (κ3) is 59.7. The molecule has 19 heteroatoms. The lowest BCUT2D eigenvalue weighted by atomic mass is 9.99. The Kier molecular flexibility index (Phi) is 56.9. The zero-order chi connectivity index (χ0) is 63.8. The maximum Gasteiger partial charge on any atom is 0.472 e. The number of rotatable bonds is 65. The van der Waals surface area contributed by atoms with Gasteiger partial charge in [-0.05, 0) is 43.4 Å². The maximum absolute atomic E-state index is 13.0. The monoisotopic (exact) mass is 1270 g/mol. The fourth-order valence-corrected chi connectivity index (χ4v) is 11.6. The molecule has 0 amide bonds. The molecule has 0 saturated heterocycles. The van der Waals surface area contributed by atoms with E-state index in [2.05, 4.69) is 48.5 Å². The summed E-state index contributed by atoms with van der Waals surface area (Å²) in [5.41, 5.74) is 0. The van der Waals surface area contributed by atoms with E-state index in [1.807, 2.05) is 0 Å². The molecule has 0 radical (unpaired) electrons. The summed E-state index contributed by atoms with van der Waals surface area (Å²) >= 11 is 0. The van der Waals surface area contributed by atoms with Crippen LogP contribution in [0.15, 0.2) is 0 Å². The van der Waals surface area contributed by atoms with E-state index in [1.54, 1.807) is 0 Å². The molecule has 0 aromatic carbocycles. The normalized spacial score (nSPS) is 14.6. The lowest BCUT2D eigenvalue weighted by Gasteiger charge is -2.21. The molecule has 6 atom stereocenters. The summed E-state index contributed by atoms with van der Waals surface area (Å²) in [7, 11) is -9.89. The molecule has 0 aromatic rings. The van der Waals surface area contributed by atoms with Gasteiger partial charge in [-0.2, -0.15) is 0 Å². The molecular weight excluding hydrogens is 1140 g/mol. The van der Waals surface area contributed by atoms with Gasteiger partial charge in [-0.15, -0.1) is 0 Å². The lowest BCUT2D eigenvalue weighted by molar-refractivity contribution is -0.161. The first-order valence-corrected chi connectivity index (χ1v) is 37.9. The summed E-state index contributed by atoms with van der Waals surface area (Å²) in [4.78, 5) is 72.2. The molecule has 0 spiro atoms. The van der Waals surface area contributed by atoms with Crippen LogP contribution in [0.2, 0.25) is 0 Å². The first-order chi connectivity index (χ1) is 41.3. The molecule has 510 valence electrons. The molecule has 0 aromatic heterocycles. The topological polar surface area (TPSA) is 237 Å². The Morgan fingerprint density at radius 3 is 0.884 bits per heavy atom. The van der Waals surface area contributed by atoms with Gasteiger partial charge in [0.1, 0.15) is 19.3 Å². The molecule has 0 rings (SSSR count). The predicted octanol–water partition coefficient (Wildman–Crippen LogP) is 18.7. The van der Waals surface area contributed by atoms with Crippen LogP contribution >= 0.6 is 15.6 Å². The van der Waals surface area contributed by atoms with Crippen LogP contribution in [-0.4, -0.2) is 96.7 Å². The SMILES string of the molecule is CCCCCCCCCC(=O)OC[C@H](COP(=O)(O)OC[C@H](O)COP(=O)(O)OC[C@@H](COC(=O)CCCCCCCCCCC(C)C)OC(=O)CCCCCCCCCCCCCCCCC(C)CC)OC(=O)CCCCCCCCCC(C)C. The van der Waals surface area contributed by atoms with Gasteiger partial charge in [0.2, 0.25) is 0 Å². The van der Waals surface area contributed by atoms with Crippen molar-refractivity contribution in [1.29, 1.82) is 0 Å². The second-order valence-electron chi connectivity index (χ2n) is 25.4. The zero-order valence-corrected chi connectivity index (χ0v) is 57.6. The van der Waals surface area contributed by atoms with Crippen LogP contribution in [0.3, 0.4) is 0 Å². The van der Waals surface area contributed by atoms with Crippen LogP contribution in [0.5, 0.6) is 0 Å². The largest absolute Gasteiger partial charge is 0.472 e. The van der Waals surface area contributed by atoms with Crippen molar-refractivity contribution >= 4 is 39.5 Å². The number of hydrogen-bond acceptors (Lipinski definition) is 15. The number of carbonyl (C=O) groups excluding carboxylic acids is 4. The first-order valence-electron chi connectivity index (χ1n) is 34.9. The number of phosphoric acid groups is 2. The van der Waals surface area contributed by atoms with Crippen LogP contribution in [0.4, 0.5) is 0 Å². The minimum atomic E-state index is -4.95. The van der Waals surface area contributed by atoms with E-state index in [4.69, 9.17) is 37.0 Å². The highest BCUT2D eigenvalue weighted by Crippen LogP contribution is 2.45. The summed E-state index contributed by atoms with van der Waals surface area (Å²) in [6, 6.07) is 0. The third-order valence-electron chi connectivity index (χ3n) is 15.7. The molecular formula is C67H130O17P2. The number of ether oxygens (including phenoxy) is 4. The van der Waals surface area contributed by atoms with E-state index in [1.165, 1.54) is 128 Å². The smallest absolute Gasteiger partial charge is 0.462 e. The standard InChI is InChI=1S/C67H130O17P2/c1-8-10-11-12-24-34-41-48-64(69)77-54-62(84-67(72)51-44-37-30-23-26-32-39-46-59(5)6)56-81-85(73,74)79-52-61(68)53-80-86(75,76)82-57-63(55-78-65(70)49-42-35-28-22-21-25-31-38-45-58(3)4)83-66(71)50-43-36-29-20-18-16-14-13-15-17-19-27-33-40-47-60(7)9-2/h58-63,68H,8-57H2,1-7H3,(H,73,74)(H,75,76)/t60?,61-,62+,63+/m0/s1. The summed E-state index contributed by atoms with van der Waals surface area (Å²) in [5, 5.41) is 10.5. The van der Waals surface area contributed by atoms with Crippen molar-refractivity contribution in [2.75, 3.05) is 39.6 Å². The Bertz CT molecular complexity index is 1700. The average molecular weight is 1270 g/mol. The van der Waals surface area contributed by atoms with Crippen LogP contribution in [0.25, 0.3) is 0 Å². The second kappa shape index (κ2) is 58.2. The number of hydrogen-bond donors (Lipinski definition) is 3. The van der Waals surface area contributed by atoms with Gasteiger partial charge in [0, 0.05) is 25.7 Å². The van der Waals surface area contributed by atoms with Crippen molar-refractivity contribution in [3.8, 4) is 0 Å². The highest BCUT2D eigenvalue weighted by atomic mass is 31.2. The Morgan fingerprint density at radius 1 is 0.337 bits per heavy atom. The molecule has 86 heavy (non-hydrogen) atoms. The summed E-state index contributed by atoms with van der Waals surface area (Å²) in [6.07, 6.45) is 40.5. The molecule has 17 nitrogen and oxygen atoms in total. The van der Waals surface area contributed by atoms with Gasteiger partial charge >= 0.3 is 39.5 Å². The van der Waals surface area contributed by atoms with Crippen molar-refractivity contribution < 1.29 is 80.2 Å². The summed E-state index contributed by atoms with van der Waals surface area (Å²) in [5.74, 6) is 0.130. The van der Waals surface area contributed by atoms with Gasteiger partial charge in [-0.3, -0.25) is 37.3 Å². The molecule has 0 bridgehead atoms. The molecule has 0 fully saturated rings. The van der Waals surface area contributed by atoms with Crippen LogP contribution < -0.4 is 0 Å². The van der Waals surface area contributed by atoms with E-state index in [0.717, 1.165) is 115 Å². The summed E-state index contributed by atoms with van der Waals surface area (Å²) in [6.45, 7) is 11.7. The minimum absolute atomic E-state index is 0.103. The molecule has 0 aliphatic carbocycles. The van der Waals surface area contributed by atoms with Crippen molar-refractivity contribution in [1.82, 2.24) is 0 Å². The van der Waals surface area contributed by atoms with E-state index >= 15 is 0 Å². The van der Waals surface area contributed by atoms with Crippen molar-refractivity contribution in [3.05, 3.63) is 0 Å². The van der Waals surface area contributed by atoms with Crippen LogP contribution in [0, 0.1) is 17.8 Å². The summed E-state index contributed by atoms with van der Waals surface area (Å²) < 4.78 is 68.0. The van der Waals surface area contributed by atoms with Crippen molar-refractivity contribution in [2.45, 2.75) is 349 Å². The molecule has 0 aliphatic heterocycles. The van der Waals surface area contributed by atoms with E-state index < -0.39 is 97.5 Å². The molecule has 3 unspecified atom stereocenters. The number of esters is 4. The van der Waals surface area contributed by atoms with E-state index in [-0.39, 0.29) is 25.7 Å². The molecule has 0 aliphatic rings. The first kappa shape index (κ1) is 84.1. The quantitative estimate of drug-likeness (QED) is 0.0222. The molecule has 0 heterocycles. The zero-order valence-electron chi connectivity index (χ0n) is 55.8. The van der Waals surface area contributed by atoms with Crippen molar-refractivity contribution in [3.63, 3.8) is 0 Å². The Morgan fingerprint density at radius 2 is 0.593 bits per heavy atom. The molecule has 0 saturated carbocycles. The fourth-order valence-electron chi connectivity index (χ4n) is 9.98. The van der Waals surface area contributed by atoms with Gasteiger partial charge in [-0.1, -0.05) is 280 Å². The van der Waals surface area contributed by atoms with Gasteiger partial charge in [-0.25, -0.2) is 9.13 Å². The molecule has 3 N–H and O–H groups in total. The second-order valence-corrected chi connectivity index (χ2v) is 28.3. The van der Waals surface area contributed by atoms with Gasteiger partial charge in [0.05, 0.1) is 26.4 Å². The minimum Gasteiger partial charge on any atom is -0.462 e. The lowest BCUT2D eigenvalue weighted by Crippen LogP contribution is -2.30. The number of aliphatic hydroxyl groups excluding tert-OH is 1. The van der Waals surface area contributed by atoms with Crippen LogP contribution in [0.1, 0.15) is 331 Å². The fraction of sp³-hybridized carbons (Fsp3) is 0.940. The number of unbranched alkanes of at least 4 members (excludes halogenated alkanes) is 32. The predicted molar refractivity (Wildman–Crippen MR) is 344 cm³/mol. The number of aliphatic hydroxyl groups is 1. The Balaban J connectivity index is 5.19. The third-order valence-corrected chi connectivity index (χ3v) is 17.6. The highest BCUT2D eigenvalue weighted by molar-refractivity contribution is 7.47. The number of carbonyl (C=O) groups is 4. The highest BCUT2D eigenvalue weighted by Gasteiger charge is 2.30. The number of phosphoric ester groups is 2.